The zero-order valence-electron chi connectivity index (χ0n) is 15.3. The number of imidazole rings is 1. The number of nitrogens with one attached hydrogen (secondary N) is 1. The molecule has 0 saturated heterocycles. The molecule has 1 aliphatic rings. The van der Waals surface area contributed by atoms with E-state index in [1.54, 1.807) is 7.11 Å². The number of nitrogens with zero attached hydrogens (tertiary/aromatic N) is 2. The molecular formula is C23H18FN3O. The number of anilines is 1. The normalized spacial score (nSPS) is 15.6. The van der Waals surface area contributed by atoms with E-state index in [1.807, 2.05) is 54.6 Å². The van der Waals surface area contributed by atoms with E-state index in [9.17, 15) is 4.39 Å². The van der Waals surface area contributed by atoms with Crippen molar-refractivity contribution in [2.75, 3.05) is 12.4 Å². The van der Waals surface area contributed by atoms with Gasteiger partial charge in [-0.3, -0.25) is 4.57 Å². The minimum absolute atomic E-state index is 0.0960. The van der Waals surface area contributed by atoms with Crippen molar-refractivity contribution < 1.29 is 9.13 Å². The highest BCUT2D eigenvalue weighted by Crippen LogP contribution is 2.37. The second-order valence-electron chi connectivity index (χ2n) is 6.72. The van der Waals surface area contributed by atoms with E-state index in [1.165, 1.54) is 12.1 Å². The van der Waals surface area contributed by atoms with Crippen molar-refractivity contribution in [1.29, 1.82) is 0 Å². The Balaban J connectivity index is 1.67. The number of allylic oxidation sites excluding steroid dienone is 1. The summed E-state index contributed by atoms with van der Waals surface area (Å²) in [6.07, 6.45) is 2.15. The Morgan fingerprint density at radius 2 is 1.71 bits per heavy atom. The maximum atomic E-state index is 13.5. The summed E-state index contributed by atoms with van der Waals surface area (Å²) in [6.45, 7) is 0. The van der Waals surface area contributed by atoms with Crippen LogP contribution in [0.3, 0.4) is 0 Å². The van der Waals surface area contributed by atoms with Crippen LogP contribution in [0.1, 0.15) is 17.2 Å². The predicted molar refractivity (Wildman–Crippen MR) is 109 cm³/mol. The van der Waals surface area contributed by atoms with Gasteiger partial charge in [-0.05, 0) is 65.7 Å². The van der Waals surface area contributed by atoms with Crippen LogP contribution >= 0.6 is 0 Å². The SMILES string of the molecule is COc1ccc(C2=CC(c3ccc(F)cc3)n3c(nc4ccccc43)N2)cc1. The van der Waals surface area contributed by atoms with Crippen molar-refractivity contribution in [3.8, 4) is 5.75 Å². The van der Waals surface area contributed by atoms with Crippen molar-refractivity contribution in [2.45, 2.75) is 6.04 Å². The fourth-order valence-corrected chi connectivity index (χ4v) is 3.65. The summed E-state index contributed by atoms with van der Waals surface area (Å²) in [7, 11) is 1.65. The number of aromatic nitrogens is 2. The molecule has 1 unspecified atom stereocenters. The molecule has 0 aliphatic carbocycles. The maximum absolute atomic E-state index is 13.5. The molecule has 3 aromatic carbocycles. The largest absolute Gasteiger partial charge is 0.497 e. The first-order chi connectivity index (χ1) is 13.7. The van der Waals surface area contributed by atoms with Crippen LogP contribution in [-0.4, -0.2) is 16.7 Å². The van der Waals surface area contributed by atoms with Gasteiger partial charge in [0.25, 0.3) is 0 Å². The second kappa shape index (κ2) is 6.53. The molecule has 1 aliphatic heterocycles. The molecule has 0 fully saturated rings. The van der Waals surface area contributed by atoms with Crippen molar-refractivity contribution >= 4 is 22.7 Å². The maximum Gasteiger partial charge on any atom is 0.209 e. The lowest BCUT2D eigenvalue weighted by Crippen LogP contribution is -2.19. The van der Waals surface area contributed by atoms with E-state index in [0.717, 1.165) is 39.6 Å². The van der Waals surface area contributed by atoms with Crippen molar-refractivity contribution in [3.05, 3.63) is 95.8 Å². The molecule has 1 atom stereocenters. The lowest BCUT2D eigenvalue weighted by molar-refractivity contribution is 0.415. The van der Waals surface area contributed by atoms with E-state index in [2.05, 4.69) is 22.0 Å². The Hall–Kier alpha value is -3.60. The summed E-state index contributed by atoms with van der Waals surface area (Å²) in [6, 6.07) is 22.5. The first kappa shape index (κ1) is 16.6. The summed E-state index contributed by atoms with van der Waals surface area (Å²) in [4.78, 5) is 4.77. The summed E-state index contributed by atoms with van der Waals surface area (Å²) >= 11 is 0. The van der Waals surface area contributed by atoms with Crippen LogP contribution in [0.2, 0.25) is 0 Å². The molecule has 1 N–H and O–H groups in total. The van der Waals surface area contributed by atoms with Crippen molar-refractivity contribution in [1.82, 2.24) is 9.55 Å². The number of benzene rings is 3. The minimum Gasteiger partial charge on any atom is -0.497 e. The van der Waals surface area contributed by atoms with E-state index < -0.39 is 0 Å². The van der Waals surface area contributed by atoms with E-state index in [4.69, 9.17) is 9.72 Å². The molecule has 138 valence electrons. The Morgan fingerprint density at radius 1 is 0.964 bits per heavy atom. The van der Waals surface area contributed by atoms with Crippen LogP contribution in [-0.2, 0) is 0 Å². The fraction of sp³-hybridized carbons (Fsp3) is 0.0870. The Kier molecular flexibility index (Phi) is 3.86. The van der Waals surface area contributed by atoms with Gasteiger partial charge in [0.2, 0.25) is 5.95 Å². The zero-order chi connectivity index (χ0) is 19.1. The molecule has 0 radical (unpaired) electrons. The quantitative estimate of drug-likeness (QED) is 0.535. The van der Waals surface area contributed by atoms with Gasteiger partial charge in [0.15, 0.2) is 0 Å². The third-order valence-electron chi connectivity index (χ3n) is 5.06. The molecule has 28 heavy (non-hydrogen) atoms. The molecule has 2 heterocycles. The molecule has 4 aromatic rings. The summed E-state index contributed by atoms with van der Waals surface area (Å²) < 4.78 is 20.9. The van der Waals surface area contributed by atoms with Crippen molar-refractivity contribution in [2.24, 2.45) is 0 Å². The van der Waals surface area contributed by atoms with Crippen LogP contribution in [0.25, 0.3) is 16.7 Å². The van der Waals surface area contributed by atoms with Gasteiger partial charge in [-0.1, -0.05) is 24.3 Å². The van der Waals surface area contributed by atoms with Crippen LogP contribution in [0, 0.1) is 5.82 Å². The summed E-state index contributed by atoms with van der Waals surface area (Å²) in [5.74, 6) is 1.33. The standard InChI is InChI=1S/C23H18FN3O/c1-28-18-12-8-15(9-13-18)20-14-22(16-6-10-17(24)11-7-16)27-21-5-3-2-4-19(21)25-23(27)26-20/h2-14,22H,1H3,(H,25,26). The fourth-order valence-electron chi connectivity index (χ4n) is 3.65. The third-order valence-corrected chi connectivity index (χ3v) is 5.06. The predicted octanol–water partition coefficient (Wildman–Crippen LogP) is 5.24. The van der Waals surface area contributed by atoms with Gasteiger partial charge in [0, 0.05) is 5.70 Å². The Morgan fingerprint density at radius 3 is 2.46 bits per heavy atom. The lowest BCUT2D eigenvalue weighted by atomic mass is 10.0. The van der Waals surface area contributed by atoms with Crippen molar-refractivity contribution in [3.63, 3.8) is 0 Å². The van der Waals surface area contributed by atoms with Crippen LogP contribution in [0.5, 0.6) is 5.75 Å². The van der Waals surface area contributed by atoms with E-state index in [-0.39, 0.29) is 11.9 Å². The first-order valence-electron chi connectivity index (χ1n) is 9.08. The molecule has 0 spiro atoms. The van der Waals surface area contributed by atoms with Gasteiger partial charge in [-0.15, -0.1) is 0 Å². The molecule has 0 saturated carbocycles. The number of rotatable bonds is 3. The number of hydrogen-bond donors (Lipinski definition) is 1. The molecule has 5 rings (SSSR count). The molecule has 0 amide bonds. The topological polar surface area (TPSA) is 39.1 Å². The average Bonchev–Trinajstić information content (AvgIpc) is 3.12. The van der Waals surface area contributed by atoms with Gasteiger partial charge in [0.05, 0.1) is 24.2 Å². The van der Waals surface area contributed by atoms with Gasteiger partial charge in [0.1, 0.15) is 11.6 Å². The van der Waals surface area contributed by atoms with Gasteiger partial charge in [-0.25, -0.2) is 9.37 Å². The van der Waals surface area contributed by atoms with Crippen LogP contribution in [0.4, 0.5) is 10.3 Å². The molecule has 1 aromatic heterocycles. The first-order valence-corrected chi connectivity index (χ1v) is 9.08. The van der Waals surface area contributed by atoms with E-state index in [0.29, 0.717) is 0 Å². The highest BCUT2D eigenvalue weighted by molar-refractivity contribution is 5.85. The molecular weight excluding hydrogens is 353 g/mol. The van der Waals surface area contributed by atoms with E-state index >= 15 is 0 Å². The Bertz CT molecular complexity index is 1180. The number of ether oxygens (including phenoxy) is 1. The minimum atomic E-state index is -0.243. The zero-order valence-corrected chi connectivity index (χ0v) is 15.3. The molecule has 5 heteroatoms. The monoisotopic (exact) mass is 371 g/mol. The van der Waals surface area contributed by atoms with Crippen LogP contribution < -0.4 is 10.1 Å². The highest BCUT2D eigenvalue weighted by atomic mass is 19.1. The highest BCUT2D eigenvalue weighted by Gasteiger charge is 2.25. The second-order valence-corrected chi connectivity index (χ2v) is 6.72. The molecule has 0 bridgehead atoms. The number of fused-ring (bicyclic) bond motifs is 3. The van der Waals surface area contributed by atoms with Gasteiger partial charge in [-0.2, -0.15) is 0 Å². The number of para-hydroxylation sites is 2. The average molecular weight is 371 g/mol. The van der Waals surface area contributed by atoms with Crippen LogP contribution in [0.15, 0.2) is 78.9 Å². The Labute approximate surface area is 161 Å². The number of hydrogen-bond acceptors (Lipinski definition) is 3. The summed E-state index contributed by atoms with van der Waals surface area (Å²) in [5, 5.41) is 3.45. The lowest BCUT2D eigenvalue weighted by Gasteiger charge is -2.26. The van der Waals surface area contributed by atoms with Gasteiger partial charge < -0.3 is 10.1 Å². The summed E-state index contributed by atoms with van der Waals surface area (Å²) in [5.41, 5.74) is 4.94. The van der Waals surface area contributed by atoms with Gasteiger partial charge >= 0.3 is 0 Å². The third kappa shape index (κ3) is 2.72. The number of halogens is 1. The smallest absolute Gasteiger partial charge is 0.209 e. The molecule has 4 nitrogen and oxygen atoms in total. The number of methoxy groups -OCH3 is 1.